The zero-order valence-electron chi connectivity index (χ0n) is 40.5. The van der Waals surface area contributed by atoms with Gasteiger partial charge in [-0.15, -0.1) is 0 Å². The quantitative estimate of drug-likeness (QED) is 0.0837. The Bertz CT molecular complexity index is 3260. The smallest absolute Gasteiger partial charge is 0.303 e. The molecule has 73 heavy (non-hydrogen) atoms. The lowest BCUT2D eigenvalue weighted by Crippen LogP contribution is -1.97. The van der Waals surface area contributed by atoms with Crippen LogP contribution in [-0.2, 0) is 22.4 Å². The van der Waals surface area contributed by atoms with E-state index in [4.69, 9.17) is 59.1 Å². The third kappa shape index (κ3) is 11.2. The number of carboxylic acids is 2. The highest BCUT2D eigenvalue weighted by Crippen LogP contribution is 2.37. The molecule has 2 aliphatic heterocycles. The number of rotatable bonds is 12. The van der Waals surface area contributed by atoms with E-state index in [-0.39, 0.29) is 23.8 Å². The number of fused-ring (bicyclic) bond motifs is 20. The molecule has 9 aromatic rings. The summed E-state index contributed by atoms with van der Waals surface area (Å²) in [6.45, 7) is 0. The second kappa shape index (κ2) is 22.9. The van der Waals surface area contributed by atoms with Gasteiger partial charge in [0.1, 0.15) is 22.6 Å². The van der Waals surface area contributed by atoms with Crippen LogP contribution < -0.4 is 18.9 Å². The molecule has 4 N–H and O–H groups in total. The highest BCUT2D eigenvalue weighted by Gasteiger charge is 2.22. The van der Waals surface area contributed by atoms with Crippen molar-refractivity contribution in [3.8, 4) is 68.5 Å². The summed E-state index contributed by atoms with van der Waals surface area (Å²) in [5, 5.41) is 20.9. The maximum Gasteiger partial charge on any atom is 0.303 e. The van der Waals surface area contributed by atoms with Crippen LogP contribution in [0.15, 0.2) is 133 Å². The average Bonchev–Trinajstić information content (AvgIpc) is 4.15. The van der Waals surface area contributed by atoms with Gasteiger partial charge in [-0.2, -0.15) is 0 Å². The van der Waals surface area contributed by atoms with E-state index in [9.17, 15) is 9.59 Å². The van der Waals surface area contributed by atoms with Crippen LogP contribution in [0.2, 0.25) is 0 Å². The molecule has 0 aliphatic carbocycles. The molecular weight excluding hydrogens is 941 g/mol. The standard InChI is InChI=1S/C32H18N8.2C12H16O4.Si/c1-2-10-18-17(9-1)25-33-26(18)38-28-21-13-5-6-14-22(21)30(35-28)40-32-24-16-8-7-15-23(24)31(36-32)39-29-20-12-4-3-11-19(20)27(34-29)37-25;2*1-15-10-7-6-9(8-11(10)16-2)4-3-5-12(13)14;/h1-16H,(H2,33,34,35,36,37,38,39,40);2*6-8H,3-5H2,1-2H3,(H,13,14);. The van der Waals surface area contributed by atoms with Crippen molar-refractivity contribution in [1.82, 2.24) is 39.9 Å². The van der Waals surface area contributed by atoms with E-state index in [1.165, 1.54) is 0 Å². The molecule has 2 aliphatic rings. The highest BCUT2D eigenvalue weighted by atomic mass is 28.1. The number of methoxy groups -OCH3 is 4. The van der Waals surface area contributed by atoms with Gasteiger partial charge in [-0.1, -0.05) is 109 Å². The SMILES string of the molecule is COc1ccc(CCCC(=O)O)cc1OC.COc1ccc(CCCC(=O)O)cc1OC.[Si].c1ccc2c(c1)-c1nc-2nc2[nH]c(nc3nc(nc4[nH]c(n1)c1ccccc41)-c1ccccc1-3)c1ccccc21. The first kappa shape index (κ1) is 50.4. The molecule has 4 radical (unpaired) electrons. The molecule has 8 bridgehead atoms. The second-order valence-electron chi connectivity index (χ2n) is 16.7. The first-order valence-corrected chi connectivity index (χ1v) is 23.2. The minimum Gasteiger partial charge on any atom is -0.493 e. The lowest BCUT2D eigenvalue weighted by atomic mass is 10.1. The largest absolute Gasteiger partial charge is 0.493 e. The van der Waals surface area contributed by atoms with E-state index in [0.717, 1.165) is 67.8 Å². The Balaban J connectivity index is 0.000000179. The van der Waals surface area contributed by atoms with Gasteiger partial charge in [0.2, 0.25) is 0 Å². The number of ether oxygens (including phenoxy) is 4. The van der Waals surface area contributed by atoms with Gasteiger partial charge in [-0.3, -0.25) is 9.59 Å². The molecule has 3 aromatic heterocycles. The van der Waals surface area contributed by atoms with Crippen molar-refractivity contribution >= 4 is 67.0 Å². The summed E-state index contributed by atoms with van der Waals surface area (Å²) in [5.41, 5.74) is 8.56. The molecular formula is C56H50N8O8Si. The molecule has 11 rings (SSSR count). The van der Waals surface area contributed by atoms with Crippen LogP contribution in [0.5, 0.6) is 23.0 Å². The van der Waals surface area contributed by atoms with Gasteiger partial charge in [0.15, 0.2) is 46.3 Å². The minimum atomic E-state index is -0.763. The van der Waals surface area contributed by atoms with Gasteiger partial charge in [0.05, 0.1) is 28.4 Å². The van der Waals surface area contributed by atoms with Crippen molar-refractivity contribution in [2.75, 3.05) is 28.4 Å². The number of nitrogens with zero attached hydrogens (tertiary/aromatic N) is 6. The normalized spacial score (nSPS) is 10.9. The summed E-state index contributed by atoms with van der Waals surface area (Å²) in [7, 11) is 6.33. The van der Waals surface area contributed by atoms with Crippen molar-refractivity contribution in [1.29, 1.82) is 0 Å². The van der Waals surface area contributed by atoms with Crippen LogP contribution in [0, 0.1) is 0 Å². The Morgan fingerprint density at radius 1 is 0.411 bits per heavy atom. The number of benzene rings is 6. The number of nitrogens with one attached hydrogen (secondary N) is 2. The molecule has 17 heteroatoms. The molecule has 0 unspecified atom stereocenters. The summed E-state index contributed by atoms with van der Waals surface area (Å²) >= 11 is 0. The molecule has 0 saturated heterocycles. The van der Waals surface area contributed by atoms with Gasteiger partial charge in [0, 0.05) is 67.6 Å². The van der Waals surface area contributed by atoms with Gasteiger partial charge in [0.25, 0.3) is 0 Å². The first-order chi connectivity index (χ1) is 35.1. The summed E-state index contributed by atoms with van der Waals surface area (Å²) < 4.78 is 20.6. The van der Waals surface area contributed by atoms with E-state index in [2.05, 4.69) is 9.97 Å². The van der Waals surface area contributed by atoms with Crippen LogP contribution in [0.4, 0.5) is 0 Å². The molecule has 5 heterocycles. The molecule has 6 aromatic carbocycles. The van der Waals surface area contributed by atoms with Crippen molar-refractivity contribution in [2.24, 2.45) is 0 Å². The fraction of sp³-hybridized carbons (Fsp3) is 0.179. The molecule has 0 fully saturated rings. The first-order valence-electron chi connectivity index (χ1n) is 23.2. The predicted molar refractivity (Wildman–Crippen MR) is 282 cm³/mol. The number of aromatic nitrogens is 8. The van der Waals surface area contributed by atoms with Crippen molar-refractivity contribution in [3.63, 3.8) is 0 Å². The monoisotopic (exact) mass is 990 g/mol. The van der Waals surface area contributed by atoms with Crippen LogP contribution in [0.1, 0.15) is 36.8 Å². The van der Waals surface area contributed by atoms with Crippen molar-refractivity contribution < 1.29 is 38.7 Å². The average molecular weight is 991 g/mol. The minimum absolute atomic E-state index is 0. The van der Waals surface area contributed by atoms with Crippen LogP contribution in [-0.4, -0.2) is 101 Å². The maximum absolute atomic E-state index is 10.4. The van der Waals surface area contributed by atoms with Crippen LogP contribution in [0.25, 0.3) is 89.7 Å². The highest BCUT2D eigenvalue weighted by molar-refractivity contribution is 6.06. The Labute approximate surface area is 424 Å². The second-order valence-corrected chi connectivity index (χ2v) is 16.7. The van der Waals surface area contributed by atoms with Crippen molar-refractivity contribution in [2.45, 2.75) is 38.5 Å². The molecule has 0 amide bonds. The molecule has 0 atom stereocenters. The molecule has 0 saturated carbocycles. The Kier molecular flexibility index (Phi) is 15.8. The van der Waals surface area contributed by atoms with Gasteiger partial charge in [-0.25, -0.2) is 29.9 Å². The molecule has 0 spiro atoms. The van der Waals surface area contributed by atoms with Crippen molar-refractivity contribution in [3.05, 3.63) is 145 Å². The summed E-state index contributed by atoms with van der Waals surface area (Å²) in [6, 6.07) is 43.5. The molecule has 366 valence electrons. The van der Waals surface area contributed by atoms with E-state index < -0.39 is 11.9 Å². The summed E-state index contributed by atoms with van der Waals surface area (Å²) in [6.07, 6.45) is 3.09. The van der Waals surface area contributed by atoms with E-state index in [1.807, 2.05) is 133 Å². The predicted octanol–water partition coefficient (Wildman–Crippen LogP) is 10.7. The fourth-order valence-corrected chi connectivity index (χ4v) is 8.55. The Morgan fingerprint density at radius 3 is 0.973 bits per heavy atom. The van der Waals surface area contributed by atoms with Gasteiger partial charge < -0.3 is 39.1 Å². The fourth-order valence-electron chi connectivity index (χ4n) is 8.55. The number of aryl methyl sites for hydroxylation is 2. The number of hydrogen-bond donors (Lipinski definition) is 4. The number of aliphatic carboxylic acids is 2. The lowest BCUT2D eigenvalue weighted by Gasteiger charge is -2.09. The third-order valence-electron chi connectivity index (χ3n) is 12.1. The summed E-state index contributed by atoms with van der Waals surface area (Å²) in [4.78, 5) is 57.5. The van der Waals surface area contributed by atoms with Gasteiger partial charge >= 0.3 is 11.9 Å². The number of hydrogen-bond acceptors (Lipinski definition) is 12. The number of aromatic amines is 2. The van der Waals surface area contributed by atoms with Crippen LogP contribution in [0.3, 0.4) is 0 Å². The zero-order valence-corrected chi connectivity index (χ0v) is 41.5. The number of carboxylic acid groups (broad SMARTS) is 2. The number of carbonyl (C=O) groups is 2. The maximum atomic E-state index is 10.4. The van der Waals surface area contributed by atoms with E-state index >= 15 is 0 Å². The third-order valence-corrected chi connectivity index (χ3v) is 12.1. The lowest BCUT2D eigenvalue weighted by molar-refractivity contribution is -0.138. The molecule has 16 nitrogen and oxygen atoms in total. The topological polar surface area (TPSA) is 220 Å². The van der Waals surface area contributed by atoms with E-state index in [0.29, 0.717) is 81.7 Å². The Morgan fingerprint density at radius 2 is 0.699 bits per heavy atom. The van der Waals surface area contributed by atoms with Gasteiger partial charge in [-0.05, 0) is 61.1 Å². The Hall–Kier alpha value is -8.96. The van der Waals surface area contributed by atoms with E-state index in [1.54, 1.807) is 28.4 Å². The number of H-pyrrole nitrogens is 2. The van der Waals surface area contributed by atoms with Crippen LogP contribution >= 0.6 is 0 Å². The summed E-state index contributed by atoms with van der Waals surface area (Å²) in [5.74, 6) is 3.58. The zero-order chi connectivity index (χ0) is 50.1.